The van der Waals surface area contributed by atoms with Crippen molar-refractivity contribution in [1.29, 1.82) is 0 Å². The van der Waals surface area contributed by atoms with Gasteiger partial charge < -0.3 is 19.3 Å². The monoisotopic (exact) mass is 434 g/mol. The van der Waals surface area contributed by atoms with Gasteiger partial charge in [-0.15, -0.1) is 0 Å². The molecule has 1 aliphatic heterocycles. The van der Waals surface area contributed by atoms with Crippen molar-refractivity contribution in [3.8, 4) is 11.5 Å². The molecule has 1 saturated heterocycles. The van der Waals surface area contributed by atoms with Crippen LogP contribution in [0.25, 0.3) is 0 Å². The third-order valence-corrected chi connectivity index (χ3v) is 5.29. The Morgan fingerprint density at radius 2 is 1.73 bits per heavy atom. The number of hydrogen-bond acceptors (Lipinski definition) is 4. The van der Waals surface area contributed by atoms with Crippen molar-refractivity contribution in [3.05, 3.63) is 58.4 Å². The van der Waals surface area contributed by atoms with Crippen molar-refractivity contribution < 1.29 is 23.5 Å². The molecule has 3 rings (SSSR count). The SMILES string of the molecule is COc1cc(C)ccc1OCCC(=O)N1CCN(C(=O)c2ccc(F)cc2Cl)CC1. The van der Waals surface area contributed by atoms with E-state index < -0.39 is 5.82 Å². The number of carbonyl (C=O) groups excluding carboxylic acids is 2. The Morgan fingerprint density at radius 1 is 1.03 bits per heavy atom. The maximum absolute atomic E-state index is 13.2. The number of amides is 2. The second kappa shape index (κ2) is 9.80. The molecule has 1 heterocycles. The molecule has 0 spiro atoms. The Labute approximate surface area is 180 Å². The summed E-state index contributed by atoms with van der Waals surface area (Å²) in [5.74, 6) is 0.448. The molecule has 30 heavy (non-hydrogen) atoms. The van der Waals surface area contributed by atoms with E-state index in [0.29, 0.717) is 37.7 Å². The Hall–Kier alpha value is -2.80. The summed E-state index contributed by atoms with van der Waals surface area (Å²) in [5.41, 5.74) is 1.32. The van der Waals surface area contributed by atoms with Crippen molar-refractivity contribution >= 4 is 23.4 Å². The molecule has 0 saturated carbocycles. The molecular formula is C22H24ClFN2O4. The molecule has 0 unspecified atom stereocenters. The number of rotatable bonds is 6. The normalized spacial score (nSPS) is 13.9. The zero-order valence-corrected chi connectivity index (χ0v) is 17.7. The molecular weight excluding hydrogens is 411 g/mol. The Balaban J connectivity index is 1.48. The predicted octanol–water partition coefficient (Wildman–Crippen LogP) is 3.55. The van der Waals surface area contributed by atoms with Crippen LogP contribution in [0.3, 0.4) is 0 Å². The van der Waals surface area contributed by atoms with E-state index in [9.17, 15) is 14.0 Å². The molecule has 6 nitrogen and oxygen atoms in total. The predicted molar refractivity (Wildman–Crippen MR) is 112 cm³/mol. The highest BCUT2D eigenvalue weighted by atomic mass is 35.5. The highest BCUT2D eigenvalue weighted by Crippen LogP contribution is 2.28. The van der Waals surface area contributed by atoms with E-state index in [1.54, 1.807) is 16.9 Å². The van der Waals surface area contributed by atoms with Gasteiger partial charge >= 0.3 is 0 Å². The average Bonchev–Trinajstić information content (AvgIpc) is 2.74. The molecule has 2 amide bonds. The Morgan fingerprint density at radius 3 is 2.40 bits per heavy atom. The summed E-state index contributed by atoms with van der Waals surface area (Å²) < 4.78 is 24.2. The van der Waals surface area contributed by atoms with Crippen LogP contribution in [0.5, 0.6) is 11.5 Å². The third kappa shape index (κ3) is 5.21. The number of methoxy groups -OCH3 is 1. The van der Waals surface area contributed by atoms with Crippen LogP contribution in [-0.2, 0) is 4.79 Å². The lowest BCUT2D eigenvalue weighted by Gasteiger charge is -2.35. The molecule has 2 aromatic carbocycles. The first-order valence-electron chi connectivity index (χ1n) is 9.68. The van der Waals surface area contributed by atoms with Gasteiger partial charge in [0, 0.05) is 26.2 Å². The van der Waals surface area contributed by atoms with Crippen LogP contribution in [-0.4, -0.2) is 61.5 Å². The van der Waals surface area contributed by atoms with Gasteiger partial charge in [-0.25, -0.2) is 4.39 Å². The second-order valence-electron chi connectivity index (χ2n) is 7.05. The van der Waals surface area contributed by atoms with Crippen LogP contribution < -0.4 is 9.47 Å². The third-order valence-electron chi connectivity index (χ3n) is 4.97. The molecule has 0 N–H and O–H groups in total. The number of nitrogens with zero attached hydrogens (tertiary/aromatic N) is 2. The molecule has 160 valence electrons. The first-order valence-corrected chi connectivity index (χ1v) is 10.1. The number of piperazine rings is 1. The summed E-state index contributed by atoms with van der Waals surface area (Å²) in [4.78, 5) is 28.4. The minimum Gasteiger partial charge on any atom is -0.493 e. The quantitative estimate of drug-likeness (QED) is 0.697. The standard InChI is InChI=1S/C22H24ClFN2O4/c1-15-3-6-19(20(13-15)29-2)30-12-7-21(27)25-8-10-26(11-9-25)22(28)17-5-4-16(24)14-18(17)23/h3-6,13-14H,7-12H2,1-2H3. The van der Waals surface area contributed by atoms with Crippen molar-refractivity contribution in [2.75, 3.05) is 39.9 Å². The van der Waals surface area contributed by atoms with Gasteiger partial charge in [-0.3, -0.25) is 9.59 Å². The fraction of sp³-hybridized carbons (Fsp3) is 0.364. The van der Waals surface area contributed by atoms with Gasteiger partial charge in [0.15, 0.2) is 11.5 Å². The van der Waals surface area contributed by atoms with Crippen molar-refractivity contribution in [2.45, 2.75) is 13.3 Å². The highest BCUT2D eigenvalue weighted by Gasteiger charge is 2.26. The van der Waals surface area contributed by atoms with Crippen molar-refractivity contribution in [3.63, 3.8) is 0 Å². The van der Waals surface area contributed by atoms with Crippen LogP contribution in [0.4, 0.5) is 4.39 Å². The van der Waals surface area contributed by atoms with Crippen LogP contribution in [0.1, 0.15) is 22.3 Å². The summed E-state index contributed by atoms with van der Waals surface area (Å²) in [7, 11) is 1.58. The summed E-state index contributed by atoms with van der Waals surface area (Å²) in [6.07, 6.45) is 0.231. The molecule has 0 aromatic heterocycles. The number of ether oxygens (including phenoxy) is 2. The molecule has 0 bridgehead atoms. The van der Waals surface area contributed by atoms with E-state index in [-0.39, 0.29) is 35.4 Å². The molecule has 0 atom stereocenters. The topological polar surface area (TPSA) is 59.1 Å². The fourth-order valence-electron chi connectivity index (χ4n) is 3.29. The molecule has 2 aromatic rings. The van der Waals surface area contributed by atoms with E-state index in [0.717, 1.165) is 11.6 Å². The zero-order chi connectivity index (χ0) is 21.7. The second-order valence-corrected chi connectivity index (χ2v) is 7.46. The van der Waals surface area contributed by atoms with Gasteiger partial charge in [-0.05, 0) is 42.8 Å². The minimum absolute atomic E-state index is 0.0343. The maximum Gasteiger partial charge on any atom is 0.255 e. The van der Waals surface area contributed by atoms with Gasteiger partial charge in [0.05, 0.1) is 30.7 Å². The van der Waals surface area contributed by atoms with E-state index in [1.165, 1.54) is 12.1 Å². The summed E-state index contributed by atoms with van der Waals surface area (Å²) in [5, 5.41) is 0.0854. The zero-order valence-electron chi connectivity index (χ0n) is 17.0. The maximum atomic E-state index is 13.2. The molecule has 1 aliphatic rings. The Kier molecular flexibility index (Phi) is 7.15. The van der Waals surface area contributed by atoms with Crippen LogP contribution in [0, 0.1) is 12.7 Å². The summed E-state index contributed by atoms with van der Waals surface area (Å²) in [6, 6.07) is 9.33. The van der Waals surface area contributed by atoms with Crippen molar-refractivity contribution in [1.82, 2.24) is 9.80 Å². The lowest BCUT2D eigenvalue weighted by atomic mass is 10.1. The number of aryl methyl sites for hydroxylation is 1. The molecule has 1 fully saturated rings. The van der Waals surface area contributed by atoms with Gasteiger partial charge in [0.25, 0.3) is 5.91 Å². The summed E-state index contributed by atoms with van der Waals surface area (Å²) in [6.45, 7) is 3.84. The Bertz CT molecular complexity index is 929. The van der Waals surface area contributed by atoms with Gasteiger partial charge in [0.2, 0.25) is 5.91 Å². The number of benzene rings is 2. The molecule has 0 radical (unpaired) electrons. The minimum atomic E-state index is -0.488. The van der Waals surface area contributed by atoms with E-state index in [4.69, 9.17) is 21.1 Å². The smallest absolute Gasteiger partial charge is 0.255 e. The number of halogens is 2. The molecule has 0 aliphatic carbocycles. The first-order chi connectivity index (χ1) is 14.4. The van der Waals surface area contributed by atoms with E-state index in [1.807, 2.05) is 25.1 Å². The first kappa shape index (κ1) is 21.9. The van der Waals surface area contributed by atoms with E-state index >= 15 is 0 Å². The van der Waals surface area contributed by atoms with Crippen molar-refractivity contribution in [2.24, 2.45) is 0 Å². The summed E-state index contributed by atoms with van der Waals surface area (Å²) >= 11 is 5.99. The van der Waals surface area contributed by atoms with Gasteiger partial charge in [-0.1, -0.05) is 17.7 Å². The lowest BCUT2D eigenvalue weighted by Crippen LogP contribution is -2.50. The largest absolute Gasteiger partial charge is 0.493 e. The number of carbonyl (C=O) groups is 2. The van der Waals surface area contributed by atoms with E-state index in [2.05, 4.69) is 0 Å². The average molecular weight is 435 g/mol. The van der Waals surface area contributed by atoms with Crippen LogP contribution in [0.15, 0.2) is 36.4 Å². The van der Waals surface area contributed by atoms with Gasteiger partial charge in [0.1, 0.15) is 5.82 Å². The van der Waals surface area contributed by atoms with Gasteiger partial charge in [-0.2, -0.15) is 0 Å². The van der Waals surface area contributed by atoms with Crippen LogP contribution in [0.2, 0.25) is 5.02 Å². The lowest BCUT2D eigenvalue weighted by molar-refractivity contribution is -0.133. The van der Waals surface area contributed by atoms with Crippen LogP contribution >= 0.6 is 11.6 Å². The molecule has 8 heteroatoms. The number of hydrogen-bond donors (Lipinski definition) is 0. The highest BCUT2D eigenvalue weighted by molar-refractivity contribution is 6.33. The fourth-order valence-corrected chi connectivity index (χ4v) is 3.54.